The summed E-state index contributed by atoms with van der Waals surface area (Å²) in [6.07, 6.45) is 0.965. The summed E-state index contributed by atoms with van der Waals surface area (Å²) in [6.45, 7) is 6.92. The smallest absolute Gasteiger partial charge is 0.257 e. The number of likely N-dealkylation sites (N-methyl/N-ethyl adjacent to an activating group) is 1. The largest absolute Gasteiger partial charge is 0.486 e. The van der Waals surface area contributed by atoms with Gasteiger partial charge in [-0.05, 0) is 48.7 Å². The Labute approximate surface area is 170 Å². The number of fused-ring (bicyclic) bond motifs is 2. The van der Waals surface area contributed by atoms with E-state index in [9.17, 15) is 13.6 Å². The summed E-state index contributed by atoms with van der Waals surface area (Å²) in [6, 6.07) is 8.52. The van der Waals surface area contributed by atoms with Crippen LogP contribution in [0.3, 0.4) is 0 Å². The lowest BCUT2D eigenvalue weighted by Gasteiger charge is -2.25. The quantitative estimate of drug-likeness (QED) is 0.771. The molecule has 0 saturated carbocycles. The van der Waals surface area contributed by atoms with Crippen molar-refractivity contribution in [3.63, 3.8) is 0 Å². The molecule has 1 fully saturated rings. The zero-order valence-electron chi connectivity index (χ0n) is 17.0. The number of hydrogen-bond donors (Lipinski definition) is 0. The summed E-state index contributed by atoms with van der Waals surface area (Å²) in [5.74, 6) is -0.273. The molecule has 2 heterocycles. The SMILES string of the molecule is CC(C)CCN1C[C@@H]2Oc3cc(-c4ccc(F)cc4F)ccc3C(=O)N(C)[C@@H]2C1. The summed E-state index contributed by atoms with van der Waals surface area (Å²) in [7, 11) is 1.82. The lowest BCUT2D eigenvalue weighted by Crippen LogP contribution is -2.44. The highest BCUT2D eigenvalue weighted by molar-refractivity contribution is 5.98. The number of benzene rings is 2. The Balaban J connectivity index is 1.64. The van der Waals surface area contributed by atoms with Gasteiger partial charge in [0.15, 0.2) is 0 Å². The van der Waals surface area contributed by atoms with Crippen molar-refractivity contribution >= 4 is 5.91 Å². The van der Waals surface area contributed by atoms with E-state index in [0.717, 1.165) is 32.1 Å². The average Bonchev–Trinajstić information content (AvgIpc) is 3.04. The van der Waals surface area contributed by atoms with Crippen LogP contribution in [0.15, 0.2) is 36.4 Å². The van der Waals surface area contributed by atoms with E-state index in [1.165, 1.54) is 12.1 Å². The van der Waals surface area contributed by atoms with Crippen molar-refractivity contribution < 1.29 is 18.3 Å². The maximum Gasteiger partial charge on any atom is 0.257 e. The van der Waals surface area contributed by atoms with Crippen molar-refractivity contribution in [1.29, 1.82) is 0 Å². The molecule has 2 aliphatic heterocycles. The molecule has 154 valence electrons. The van der Waals surface area contributed by atoms with Crippen molar-refractivity contribution in [3.05, 3.63) is 53.6 Å². The molecule has 0 radical (unpaired) electrons. The number of ether oxygens (including phenoxy) is 1. The van der Waals surface area contributed by atoms with Gasteiger partial charge in [-0.3, -0.25) is 9.69 Å². The molecule has 2 atom stereocenters. The third-order valence-corrected chi connectivity index (χ3v) is 5.89. The van der Waals surface area contributed by atoms with Crippen molar-refractivity contribution in [2.75, 3.05) is 26.7 Å². The Bertz CT molecular complexity index is 931. The van der Waals surface area contributed by atoms with E-state index in [-0.39, 0.29) is 23.6 Å². The molecule has 0 aliphatic carbocycles. The van der Waals surface area contributed by atoms with Gasteiger partial charge in [-0.15, -0.1) is 0 Å². The highest BCUT2D eigenvalue weighted by Crippen LogP contribution is 2.35. The summed E-state index contributed by atoms with van der Waals surface area (Å²) in [5.41, 5.74) is 1.32. The number of carbonyl (C=O) groups excluding carboxylic acids is 1. The Morgan fingerprint density at radius 1 is 1.10 bits per heavy atom. The van der Waals surface area contributed by atoms with E-state index in [1.807, 2.05) is 7.05 Å². The van der Waals surface area contributed by atoms with Crippen LogP contribution in [-0.2, 0) is 0 Å². The van der Waals surface area contributed by atoms with E-state index < -0.39 is 11.6 Å². The molecule has 2 aromatic carbocycles. The minimum absolute atomic E-state index is 0.0203. The first-order valence-electron chi connectivity index (χ1n) is 10.1. The van der Waals surface area contributed by atoms with Crippen molar-refractivity contribution in [1.82, 2.24) is 9.80 Å². The number of halogens is 2. The van der Waals surface area contributed by atoms with Crippen molar-refractivity contribution in [3.8, 4) is 16.9 Å². The van der Waals surface area contributed by atoms with Gasteiger partial charge >= 0.3 is 0 Å². The Hall–Kier alpha value is -2.47. The number of carbonyl (C=O) groups is 1. The average molecular weight is 400 g/mol. The van der Waals surface area contributed by atoms with Gasteiger partial charge in [-0.2, -0.15) is 0 Å². The number of likely N-dealkylation sites (tertiary alicyclic amines) is 1. The highest BCUT2D eigenvalue weighted by Gasteiger charge is 2.42. The molecular formula is C23H26F2N2O2. The number of amides is 1. The van der Waals surface area contributed by atoms with Crippen molar-refractivity contribution in [2.24, 2.45) is 5.92 Å². The van der Waals surface area contributed by atoms with Gasteiger partial charge in [-0.1, -0.05) is 19.9 Å². The lowest BCUT2D eigenvalue weighted by atomic mass is 10.0. The fourth-order valence-corrected chi connectivity index (χ4v) is 4.14. The molecule has 0 unspecified atom stereocenters. The summed E-state index contributed by atoms with van der Waals surface area (Å²) < 4.78 is 33.8. The van der Waals surface area contributed by atoms with E-state index in [4.69, 9.17) is 4.74 Å². The summed E-state index contributed by atoms with van der Waals surface area (Å²) in [4.78, 5) is 17.1. The molecular weight excluding hydrogens is 374 g/mol. The maximum atomic E-state index is 14.2. The molecule has 2 aliphatic rings. The molecule has 4 rings (SSSR count). The van der Waals surface area contributed by atoms with Crippen LogP contribution in [0.25, 0.3) is 11.1 Å². The Kier molecular flexibility index (Phi) is 5.30. The van der Waals surface area contributed by atoms with Gasteiger partial charge in [-0.25, -0.2) is 8.78 Å². The first-order valence-corrected chi connectivity index (χ1v) is 10.1. The van der Waals surface area contributed by atoms with Crippen LogP contribution in [0.2, 0.25) is 0 Å². The lowest BCUT2D eigenvalue weighted by molar-refractivity contribution is 0.0682. The molecule has 0 aromatic heterocycles. The maximum absolute atomic E-state index is 14.2. The van der Waals surface area contributed by atoms with Crippen LogP contribution in [0.1, 0.15) is 30.6 Å². The molecule has 0 bridgehead atoms. The molecule has 0 N–H and O–H groups in total. The molecule has 29 heavy (non-hydrogen) atoms. The second-order valence-corrected chi connectivity index (χ2v) is 8.42. The van der Waals surface area contributed by atoms with Crippen LogP contribution >= 0.6 is 0 Å². The van der Waals surface area contributed by atoms with Crippen LogP contribution in [0, 0.1) is 17.6 Å². The van der Waals surface area contributed by atoms with E-state index in [2.05, 4.69) is 18.7 Å². The normalized spacial score (nSPS) is 21.7. The third kappa shape index (κ3) is 3.86. The fraction of sp³-hybridized carbons (Fsp3) is 0.435. The Morgan fingerprint density at radius 3 is 2.59 bits per heavy atom. The predicted octanol–water partition coefficient (Wildman–Crippen LogP) is 4.20. The van der Waals surface area contributed by atoms with E-state index in [1.54, 1.807) is 23.1 Å². The van der Waals surface area contributed by atoms with Crippen LogP contribution < -0.4 is 4.74 Å². The van der Waals surface area contributed by atoms with Gasteiger partial charge in [0.25, 0.3) is 5.91 Å². The second-order valence-electron chi connectivity index (χ2n) is 8.42. The summed E-state index contributed by atoms with van der Waals surface area (Å²) >= 11 is 0. The highest BCUT2D eigenvalue weighted by atomic mass is 19.1. The minimum Gasteiger partial charge on any atom is -0.486 e. The molecule has 1 amide bonds. The standard InChI is InChI=1S/C23H26F2N2O2/c1-14(2)8-9-27-12-20-22(13-27)29-21-10-15(4-6-18(21)23(28)26(20)3)17-7-5-16(24)11-19(17)25/h4-7,10-11,14,20,22H,8-9,12-13H2,1-3H3/t20-,22+/m1/s1. The minimum atomic E-state index is -0.638. The molecule has 1 saturated heterocycles. The van der Waals surface area contributed by atoms with Gasteiger partial charge in [0, 0.05) is 31.8 Å². The zero-order valence-corrected chi connectivity index (χ0v) is 17.0. The number of hydrogen-bond acceptors (Lipinski definition) is 3. The first-order chi connectivity index (χ1) is 13.8. The predicted molar refractivity (Wildman–Crippen MR) is 108 cm³/mol. The molecule has 2 aromatic rings. The summed E-state index contributed by atoms with van der Waals surface area (Å²) in [5, 5.41) is 0. The van der Waals surface area contributed by atoms with E-state index in [0.29, 0.717) is 22.8 Å². The molecule has 4 nitrogen and oxygen atoms in total. The Morgan fingerprint density at radius 2 is 1.86 bits per heavy atom. The zero-order chi connectivity index (χ0) is 20.7. The van der Waals surface area contributed by atoms with Crippen LogP contribution in [0.4, 0.5) is 8.78 Å². The van der Waals surface area contributed by atoms with Gasteiger partial charge in [0.1, 0.15) is 23.5 Å². The van der Waals surface area contributed by atoms with E-state index >= 15 is 0 Å². The van der Waals surface area contributed by atoms with Crippen LogP contribution in [0.5, 0.6) is 5.75 Å². The third-order valence-electron chi connectivity index (χ3n) is 5.89. The fourth-order valence-electron chi connectivity index (χ4n) is 4.14. The molecule has 6 heteroatoms. The monoisotopic (exact) mass is 400 g/mol. The topological polar surface area (TPSA) is 32.8 Å². The van der Waals surface area contributed by atoms with Crippen LogP contribution in [-0.4, -0.2) is 54.5 Å². The number of nitrogens with zero attached hydrogens (tertiary/aromatic N) is 2. The second kappa shape index (κ2) is 7.75. The van der Waals surface area contributed by atoms with Gasteiger partial charge < -0.3 is 9.64 Å². The van der Waals surface area contributed by atoms with Gasteiger partial charge in [0.2, 0.25) is 0 Å². The van der Waals surface area contributed by atoms with Crippen molar-refractivity contribution in [2.45, 2.75) is 32.4 Å². The molecule has 0 spiro atoms. The van der Waals surface area contributed by atoms with Gasteiger partial charge in [0.05, 0.1) is 11.6 Å². The number of rotatable bonds is 4. The first kappa shape index (κ1) is 19.8.